The van der Waals surface area contributed by atoms with Crippen molar-refractivity contribution >= 4 is 15.9 Å². The molecular weight excluding hydrogens is 436 g/mol. The van der Waals surface area contributed by atoms with Crippen LogP contribution in [0.3, 0.4) is 0 Å². The van der Waals surface area contributed by atoms with Crippen molar-refractivity contribution in [3.05, 3.63) is 60.0 Å². The highest BCUT2D eigenvalue weighted by Gasteiger charge is 2.26. The Bertz CT molecular complexity index is 1170. The van der Waals surface area contributed by atoms with E-state index in [9.17, 15) is 13.2 Å². The number of nitrogens with one attached hydrogen (secondary N) is 1. The number of amides is 1. The number of ether oxygens (including phenoxy) is 2. The molecule has 4 rings (SSSR count). The molecule has 1 aromatic heterocycles. The fourth-order valence-corrected chi connectivity index (χ4v) is 4.56. The van der Waals surface area contributed by atoms with Gasteiger partial charge < -0.3 is 19.3 Å². The van der Waals surface area contributed by atoms with E-state index in [1.54, 1.807) is 31.4 Å². The van der Waals surface area contributed by atoms with Crippen LogP contribution in [0.4, 0.5) is 0 Å². The van der Waals surface area contributed by atoms with E-state index in [0.717, 1.165) is 5.56 Å². The predicted molar refractivity (Wildman–Crippen MR) is 113 cm³/mol. The highest BCUT2D eigenvalue weighted by atomic mass is 32.2. The van der Waals surface area contributed by atoms with Crippen molar-refractivity contribution in [3.63, 3.8) is 0 Å². The summed E-state index contributed by atoms with van der Waals surface area (Å²) in [4.78, 5) is 16.8. The minimum atomic E-state index is -3.61. The first-order valence-electron chi connectivity index (χ1n) is 9.90. The van der Waals surface area contributed by atoms with Crippen LogP contribution in [-0.2, 0) is 21.3 Å². The van der Waals surface area contributed by atoms with Crippen molar-refractivity contribution in [2.24, 2.45) is 0 Å². The van der Waals surface area contributed by atoms with Gasteiger partial charge in [0, 0.05) is 24.2 Å². The molecule has 1 N–H and O–H groups in total. The predicted octanol–water partition coefficient (Wildman–Crippen LogP) is 1.70. The monoisotopic (exact) mass is 458 g/mol. The second-order valence-corrected chi connectivity index (χ2v) is 8.90. The average molecular weight is 458 g/mol. The third-order valence-corrected chi connectivity index (χ3v) is 6.85. The number of methoxy groups -OCH3 is 1. The van der Waals surface area contributed by atoms with Gasteiger partial charge in [0.05, 0.1) is 31.8 Å². The zero-order valence-corrected chi connectivity index (χ0v) is 18.2. The van der Waals surface area contributed by atoms with Crippen LogP contribution < -0.4 is 10.1 Å². The van der Waals surface area contributed by atoms with Crippen molar-refractivity contribution < 1.29 is 27.2 Å². The Balaban J connectivity index is 1.36. The second kappa shape index (κ2) is 9.47. The lowest BCUT2D eigenvalue weighted by Gasteiger charge is -2.26. The maximum Gasteiger partial charge on any atom is 0.251 e. The SMILES string of the molecule is COc1ccc(-c2noc(CNC(=O)c3ccc(S(=O)(=O)N4CCOCC4)cc3)n2)cc1. The third kappa shape index (κ3) is 4.79. The van der Waals surface area contributed by atoms with E-state index >= 15 is 0 Å². The van der Waals surface area contributed by atoms with Crippen LogP contribution >= 0.6 is 0 Å². The standard InChI is InChI=1S/C21H22N4O6S/c1-29-17-6-2-15(3-7-17)20-23-19(31-24-20)14-22-21(26)16-4-8-18(9-5-16)32(27,28)25-10-12-30-13-11-25/h2-9H,10-14H2,1H3,(H,22,26). The summed E-state index contributed by atoms with van der Waals surface area (Å²) >= 11 is 0. The molecule has 11 heteroatoms. The van der Waals surface area contributed by atoms with Gasteiger partial charge in [-0.1, -0.05) is 5.16 Å². The number of morpholine rings is 1. The molecule has 2 aromatic carbocycles. The molecule has 1 aliphatic heterocycles. The molecule has 0 saturated carbocycles. The van der Waals surface area contributed by atoms with Gasteiger partial charge in [-0.15, -0.1) is 0 Å². The Morgan fingerprint density at radius 3 is 2.44 bits per heavy atom. The highest BCUT2D eigenvalue weighted by Crippen LogP contribution is 2.20. The van der Waals surface area contributed by atoms with Crippen LogP contribution in [-0.4, -0.2) is 62.2 Å². The molecule has 1 saturated heterocycles. The van der Waals surface area contributed by atoms with Gasteiger partial charge in [0.25, 0.3) is 5.91 Å². The molecule has 32 heavy (non-hydrogen) atoms. The van der Waals surface area contributed by atoms with Crippen LogP contribution in [0.25, 0.3) is 11.4 Å². The van der Waals surface area contributed by atoms with Crippen molar-refractivity contribution in [2.45, 2.75) is 11.4 Å². The maximum absolute atomic E-state index is 12.7. The van der Waals surface area contributed by atoms with Crippen molar-refractivity contribution in [1.29, 1.82) is 0 Å². The van der Waals surface area contributed by atoms with Gasteiger partial charge in [-0.2, -0.15) is 9.29 Å². The molecule has 1 aliphatic rings. The number of rotatable bonds is 7. The van der Waals surface area contributed by atoms with Gasteiger partial charge in [0.15, 0.2) is 0 Å². The number of hydrogen-bond acceptors (Lipinski definition) is 8. The quantitative estimate of drug-likeness (QED) is 0.567. The Morgan fingerprint density at radius 2 is 1.78 bits per heavy atom. The van der Waals surface area contributed by atoms with E-state index in [1.807, 2.05) is 0 Å². The third-order valence-electron chi connectivity index (χ3n) is 4.94. The van der Waals surface area contributed by atoms with E-state index in [4.69, 9.17) is 14.0 Å². The summed E-state index contributed by atoms with van der Waals surface area (Å²) in [7, 11) is -2.02. The van der Waals surface area contributed by atoms with Gasteiger partial charge in [0.1, 0.15) is 5.75 Å². The number of nitrogens with zero attached hydrogens (tertiary/aromatic N) is 3. The first-order valence-corrected chi connectivity index (χ1v) is 11.3. The van der Waals surface area contributed by atoms with Crippen molar-refractivity contribution in [3.8, 4) is 17.1 Å². The molecule has 0 radical (unpaired) electrons. The fourth-order valence-electron chi connectivity index (χ4n) is 3.16. The molecule has 0 unspecified atom stereocenters. The van der Waals surface area contributed by atoms with Crippen molar-refractivity contribution in [1.82, 2.24) is 19.8 Å². The van der Waals surface area contributed by atoms with Gasteiger partial charge in [-0.25, -0.2) is 8.42 Å². The van der Waals surface area contributed by atoms with E-state index in [1.165, 1.54) is 28.6 Å². The molecule has 0 aliphatic carbocycles. The molecule has 0 bridgehead atoms. The van der Waals surface area contributed by atoms with Gasteiger partial charge in [0.2, 0.25) is 21.7 Å². The summed E-state index contributed by atoms with van der Waals surface area (Å²) in [5.74, 6) is 0.975. The van der Waals surface area contributed by atoms with Crippen LogP contribution in [0.1, 0.15) is 16.2 Å². The van der Waals surface area contributed by atoms with E-state index in [0.29, 0.717) is 43.4 Å². The van der Waals surface area contributed by atoms with Crippen LogP contribution in [0.5, 0.6) is 5.75 Å². The number of carbonyl (C=O) groups excluding carboxylic acids is 1. The number of hydrogen-bond donors (Lipinski definition) is 1. The summed E-state index contributed by atoms with van der Waals surface area (Å²) in [5.41, 5.74) is 1.07. The molecule has 3 aromatic rings. The normalized spacial score (nSPS) is 14.8. The summed E-state index contributed by atoms with van der Waals surface area (Å²) in [6, 6.07) is 13.0. The number of sulfonamides is 1. The highest BCUT2D eigenvalue weighted by molar-refractivity contribution is 7.89. The molecule has 1 fully saturated rings. The molecular formula is C21H22N4O6S. The Hall–Kier alpha value is -3.28. The average Bonchev–Trinajstić information content (AvgIpc) is 3.32. The second-order valence-electron chi connectivity index (χ2n) is 6.96. The minimum absolute atomic E-state index is 0.0375. The Kier molecular flexibility index (Phi) is 6.49. The molecule has 168 valence electrons. The van der Waals surface area contributed by atoms with Gasteiger partial charge in [-0.3, -0.25) is 4.79 Å². The summed E-state index contributed by atoms with van der Waals surface area (Å²) in [5, 5.41) is 6.61. The van der Waals surface area contributed by atoms with Crippen LogP contribution in [0.15, 0.2) is 57.9 Å². The van der Waals surface area contributed by atoms with Gasteiger partial charge in [-0.05, 0) is 48.5 Å². The van der Waals surface area contributed by atoms with E-state index in [2.05, 4.69) is 15.5 Å². The zero-order chi connectivity index (χ0) is 22.6. The molecule has 1 amide bonds. The minimum Gasteiger partial charge on any atom is -0.497 e. The Labute approximate surface area is 185 Å². The summed E-state index contributed by atoms with van der Waals surface area (Å²) in [6.45, 7) is 1.40. The van der Waals surface area contributed by atoms with Crippen LogP contribution in [0.2, 0.25) is 0 Å². The topological polar surface area (TPSA) is 124 Å². The van der Waals surface area contributed by atoms with Crippen molar-refractivity contribution in [2.75, 3.05) is 33.4 Å². The zero-order valence-electron chi connectivity index (χ0n) is 17.4. The van der Waals surface area contributed by atoms with E-state index in [-0.39, 0.29) is 23.2 Å². The molecule has 10 nitrogen and oxygen atoms in total. The molecule has 2 heterocycles. The first kappa shape index (κ1) is 21.9. The van der Waals surface area contributed by atoms with E-state index < -0.39 is 10.0 Å². The Morgan fingerprint density at radius 1 is 1.09 bits per heavy atom. The molecule has 0 atom stereocenters. The lowest BCUT2D eigenvalue weighted by Crippen LogP contribution is -2.40. The smallest absolute Gasteiger partial charge is 0.251 e. The summed E-state index contributed by atoms with van der Waals surface area (Å²) in [6.07, 6.45) is 0. The fraction of sp³-hybridized carbons (Fsp3) is 0.286. The lowest BCUT2D eigenvalue weighted by molar-refractivity contribution is 0.0730. The maximum atomic E-state index is 12.7. The van der Waals surface area contributed by atoms with Gasteiger partial charge >= 0.3 is 0 Å². The first-order chi connectivity index (χ1) is 15.5. The largest absolute Gasteiger partial charge is 0.497 e. The number of aromatic nitrogens is 2. The number of carbonyl (C=O) groups is 1. The molecule has 0 spiro atoms. The number of benzene rings is 2. The summed E-state index contributed by atoms with van der Waals surface area (Å²) < 4.78 is 42.2. The van der Waals surface area contributed by atoms with Crippen LogP contribution in [0, 0.1) is 0 Å². The lowest BCUT2D eigenvalue weighted by atomic mass is 10.2.